The van der Waals surface area contributed by atoms with Gasteiger partial charge in [-0.15, -0.1) is 9.50 Å². The molecular formula is C14H8F8N5+. The van der Waals surface area contributed by atoms with E-state index in [4.69, 9.17) is 0 Å². The van der Waals surface area contributed by atoms with Crippen LogP contribution in [0.1, 0.15) is 17.1 Å². The molecule has 3 aromatic rings. The van der Waals surface area contributed by atoms with Crippen LogP contribution in [-0.4, -0.2) is 15.1 Å². The normalized spacial score (nSPS) is 12.6. The van der Waals surface area contributed by atoms with Crippen molar-refractivity contribution < 1.29 is 39.6 Å². The quantitative estimate of drug-likeness (QED) is 0.509. The SMILES string of the molecule is Cc1cc(Nc2cc(F)c(C(F)(F)F)c(F)c2)[n+]2[nH]c(C(F)(F)F)nc2n1. The second-order valence-electron chi connectivity index (χ2n) is 5.43. The summed E-state index contributed by atoms with van der Waals surface area (Å²) in [6, 6.07) is 1.95. The molecule has 2 N–H and O–H groups in total. The molecule has 5 nitrogen and oxygen atoms in total. The lowest BCUT2D eigenvalue weighted by molar-refractivity contribution is -0.566. The minimum atomic E-state index is -5.24. The standard InChI is InChI=1S/C14H7F8N5/c1-5-2-9(27-12(23-5)25-11(26-27)14(20,21)22)24-6-3-7(15)10(8(16)4-6)13(17,18)19/h2-4H,1H3,(H,23,24,25,26)/p+1. The lowest BCUT2D eigenvalue weighted by atomic mass is 10.1. The summed E-state index contributed by atoms with van der Waals surface area (Å²) in [5.41, 5.74) is -2.33. The van der Waals surface area contributed by atoms with Crippen LogP contribution in [0.5, 0.6) is 0 Å². The van der Waals surface area contributed by atoms with E-state index in [9.17, 15) is 35.1 Å². The number of hydrogen-bond acceptors (Lipinski definition) is 3. The minimum absolute atomic E-state index is 0.181. The summed E-state index contributed by atoms with van der Waals surface area (Å²) in [6.07, 6.45) is -10.1. The van der Waals surface area contributed by atoms with Gasteiger partial charge >= 0.3 is 18.1 Å². The topological polar surface area (TPSA) is 57.7 Å². The van der Waals surface area contributed by atoms with Crippen LogP contribution in [-0.2, 0) is 12.4 Å². The second-order valence-corrected chi connectivity index (χ2v) is 5.43. The number of aromatic nitrogens is 4. The van der Waals surface area contributed by atoms with Crippen molar-refractivity contribution in [2.45, 2.75) is 19.3 Å². The highest BCUT2D eigenvalue weighted by Crippen LogP contribution is 2.35. The summed E-state index contributed by atoms with van der Waals surface area (Å²) in [6.45, 7) is 1.42. The number of H-pyrrole nitrogens is 1. The maximum atomic E-state index is 13.7. The Morgan fingerprint density at radius 3 is 2.04 bits per heavy atom. The van der Waals surface area contributed by atoms with Gasteiger partial charge in [0.05, 0.1) is 5.69 Å². The summed E-state index contributed by atoms with van der Waals surface area (Å²) >= 11 is 0. The van der Waals surface area contributed by atoms with E-state index < -0.39 is 46.8 Å². The van der Waals surface area contributed by atoms with E-state index in [-0.39, 0.29) is 11.5 Å². The molecule has 0 amide bonds. The Hall–Kier alpha value is -2.99. The first kappa shape index (κ1) is 18.8. The molecule has 0 spiro atoms. The van der Waals surface area contributed by atoms with Gasteiger partial charge in [-0.1, -0.05) is 4.98 Å². The number of rotatable bonds is 2. The predicted octanol–water partition coefficient (Wildman–Crippen LogP) is 3.91. The van der Waals surface area contributed by atoms with Crippen LogP contribution >= 0.6 is 0 Å². The molecule has 0 aliphatic rings. The Balaban J connectivity index is 2.08. The van der Waals surface area contributed by atoms with Gasteiger partial charge in [-0.05, 0) is 6.92 Å². The van der Waals surface area contributed by atoms with Gasteiger partial charge in [0.15, 0.2) is 0 Å². The number of halogens is 8. The smallest absolute Gasteiger partial charge is 0.288 e. The molecule has 0 aliphatic heterocycles. The van der Waals surface area contributed by atoms with E-state index >= 15 is 0 Å². The number of fused-ring (bicyclic) bond motifs is 1. The molecule has 27 heavy (non-hydrogen) atoms. The maximum absolute atomic E-state index is 13.7. The Labute approximate surface area is 144 Å². The van der Waals surface area contributed by atoms with E-state index in [1.807, 2.05) is 5.10 Å². The summed E-state index contributed by atoms with van der Waals surface area (Å²) < 4.78 is 104. The van der Waals surface area contributed by atoms with Gasteiger partial charge < -0.3 is 0 Å². The van der Waals surface area contributed by atoms with Gasteiger partial charge in [-0.25, -0.2) is 13.9 Å². The van der Waals surface area contributed by atoms with E-state index in [0.29, 0.717) is 12.1 Å². The molecule has 0 fully saturated rings. The van der Waals surface area contributed by atoms with Gasteiger partial charge in [0.2, 0.25) is 5.82 Å². The number of nitrogens with one attached hydrogen (secondary N) is 2. The monoisotopic (exact) mass is 398 g/mol. The van der Waals surface area contributed by atoms with Crippen LogP contribution in [0, 0.1) is 18.6 Å². The Morgan fingerprint density at radius 1 is 0.926 bits per heavy atom. The molecule has 0 atom stereocenters. The lowest BCUT2D eigenvalue weighted by Gasteiger charge is -2.11. The fourth-order valence-electron chi connectivity index (χ4n) is 2.31. The maximum Gasteiger partial charge on any atom is 0.464 e. The van der Waals surface area contributed by atoms with Crippen LogP contribution in [0.15, 0.2) is 18.2 Å². The molecule has 3 rings (SSSR count). The average molecular weight is 398 g/mol. The summed E-state index contributed by atoms with van der Waals surface area (Å²) in [7, 11) is 0. The fraction of sp³-hybridized carbons (Fsp3) is 0.214. The average Bonchev–Trinajstić information content (AvgIpc) is 2.88. The second kappa shape index (κ2) is 6.03. The molecule has 13 heteroatoms. The number of aromatic amines is 1. The first-order chi connectivity index (χ1) is 12.4. The van der Waals surface area contributed by atoms with Crippen molar-refractivity contribution in [2.75, 3.05) is 5.32 Å². The molecule has 0 bridgehead atoms. The van der Waals surface area contributed by atoms with Crippen molar-refractivity contribution in [2.24, 2.45) is 0 Å². The predicted molar refractivity (Wildman–Crippen MR) is 73.9 cm³/mol. The van der Waals surface area contributed by atoms with E-state index in [2.05, 4.69) is 15.3 Å². The Kier molecular flexibility index (Phi) is 4.19. The third-order valence-electron chi connectivity index (χ3n) is 3.36. The van der Waals surface area contributed by atoms with Crippen molar-refractivity contribution in [1.29, 1.82) is 0 Å². The van der Waals surface area contributed by atoms with Crippen LogP contribution < -0.4 is 9.83 Å². The van der Waals surface area contributed by atoms with Crippen LogP contribution in [0.2, 0.25) is 0 Å². The Bertz CT molecular complexity index is 998. The molecular weight excluding hydrogens is 390 g/mol. The molecule has 2 heterocycles. The molecule has 1 aromatic carbocycles. The van der Waals surface area contributed by atoms with Crippen LogP contribution in [0.25, 0.3) is 5.78 Å². The third-order valence-corrected chi connectivity index (χ3v) is 3.36. The summed E-state index contributed by atoms with van der Waals surface area (Å²) in [5, 5.41) is 4.25. The zero-order valence-electron chi connectivity index (χ0n) is 13.1. The first-order valence-electron chi connectivity index (χ1n) is 7.06. The number of aryl methyl sites for hydroxylation is 1. The van der Waals surface area contributed by atoms with Gasteiger partial charge in [-0.2, -0.15) is 26.3 Å². The Morgan fingerprint density at radius 2 is 1.52 bits per heavy atom. The summed E-state index contributed by atoms with van der Waals surface area (Å²) in [5.74, 6) is -5.72. The third kappa shape index (κ3) is 3.61. The molecule has 0 unspecified atom stereocenters. The van der Waals surface area contributed by atoms with Gasteiger partial charge in [0.25, 0.3) is 5.82 Å². The van der Waals surface area contributed by atoms with Crippen molar-refractivity contribution >= 4 is 17.3 Å². The number of benzene rings is 1. The number of anilines is 2. The lowest BCUT2D eigenvalue weighted by Crippen LogP contribution is -2.29. The molecule has 0 saturated heterocycles. The minimum Gasteiger partial charge on any atom is -0.288 e. The number of hydrogen-bond donors (Lipinski definition) is 2. The highest BCUT2D eigenvalue weighted by molar-refractivity contribution is 5.56. The van der Waals surface area contributed by atoms with Gasteiger partial charge in [-0.3, -0.25) is 5.32 Å². The van der Waals surface area contributed by atoms with Crippen LogP contribution in [0.3, 0.4) is 0 Å². The highest BCUT2D eigenvalue weighted by atomic mass is 19.4. The van der Waals surface area contributed by atoms with Crippen LogP contribution in [0.4, 0.5) is 46.6 Å². The molecule has 0 aliphatic carbocycles. The molecule has 2 aromatic heterocycles. The van der Waals surface area contributed by atoms with Gasteiger partial charge in [0.1, 0.15) is 22.9 Å². The van der Waals surface area contributed by atoms with E-state index in [1.54, 1.807) is 0 Å². The van der Waals surface area contributed by atoms with Crippen molar-refractivity contribution in [1.82, 2.24) is 15.1 Å². The molecule has 0 radical (unpaired) electrons. The van der Waals surface area contributed by atoms with Crippen molar-refractivity contribution in [3.63, 3.8) is 0 Å². The van der Waals surface area contributed by atoms with Crippen molar-refractivity contribution in [3.05, 3.63) is 46.9 Å². The zero-order chi connectivity index (χ0) is 20.1. The highest BCUT2D eigenvalue weighted by Gasteiger charge is 2.40. The fourth-order valence-corrected chi connectivity index (χ4v) is 2.31. The molecule has 144 valence electrons. The van der Waals surface area contributed by atoms with Crippen molar-refractivity contribution in [3.8, 4) is 0 Å². The van der Waals surface area contributed by atoms with Gasteiger partial charge in [0, 0.05) is 18.2 Å². The molecule has 0 saturated carbocycles. The largest absolute Gasteiger partial charge is 0.464 e. The summed E-state index contributed by atoms with van der Waals surface area (Å²) in [4.78, 5) is 7.04. The van der Waals surface area contributed by atoms with E-state index in [1.165, 1.54) is 13.0 Å². The zero-order valence-corrected chi connectivity index (χ0v) is 13.1. The number of alkyl halides is 6. The first-order valence-corrected chi connectivity index (χ1v) is 7.06. The van der Waals surface area contributed by atoms with E-state index in [0.717, 1.165) is 4.52 Å². The number of nitrogens with zero attached hydrogens (tertiary/aromatic N) is 3.